The molecule has 110 valence electrons. The van der Waals surface area contributed by atoms with Crippen molar-refractivity contribution in [3.05, 3.63) is 28.3 Å². The maximum atomic E-state index is 10.8. The summed E-state index contributed by atoms with van der Waals surface area (Å²) in [7, 11) is 1.50. The Labute approximate surface area is 125 Å². The van der Waals surface area contributed by atoms with Crippen LogP contribution in [0, 0.1) is 10.1 Å². The van der Waals surface area contributed by atoms with Gasteiger partial charge in [-0.2, -0.15) is 0 Å². The van der Waals surface area contributed by atoms with E-state index in [0.717, 1.165) is 6.42 Å². The van der Waals surface area contributed by atoms with Crippen LogP contribution in [0.4, 0.5) is 5.69 Å². The first kappa shape index (κ1) is 15.1. The van der Waals surface area contributed by atoms with Gasteiger partial charge in [0.25, 0.3) is 5.69 Å². The van der Waals surface area contributed by atoms with Crippen LogP contribution in [0.25, 0.3) is 0 Å². The molecule has 7 heteroatoms. The Kier molecular flexibility index (Phi) is 4.82. The van der Waals surface area contributed by atoms with E-state index in [4.69, 9.17) is 14.2 Å². The lowest BCUT2D eigenvalue weighted by atomic mass is 9.91. The quantitative estimate of drug-likeness (QED) is 0.450. The van der Waals surface area contributed by atoms with Gasteiger partial charge in [-0.15, -0.1) is 0 Å². The van der Waals surface area contributed by atoms with E-state index in [1.807, 2.05) is 6.92 Å². The van der Waals surface area contributed by atoms with Gasteiger partial charge in [0.05, 0.1) is 18.1 Å². The largest absolute Gasteiger partial charge is 0.493 e. The van der Waals surface area contributed by atoms with Crippen LogP contribution in [0.3, 0.4) is 0 Å². The fourth-order valence-electron chi connectivity index (χ4n) is 2.08. The van der Waals surface area contributed by atoms with Gasteiger partial charge < -0.3 is 14.2 Å². The lowest BCUT2D eigenvalue weighted by Crippen LogP contribution is -2.52. The Morgan fingerprint density at radius 1 is 1.45 bits per heavy atom. The first-order valence-electron chi connectivity index (χ1n) is 6.31. The average molecular weight is 346 g/mol. The Bertz CT molecular complexity index is 496. The topological polar surface area (TPSA) is 70.8 Å². The number of alkyl halides is 1. The smallest absolute Gasteiger partial charge is 0.273 e. The third kappa shape index (κ3) is 3.04. The maximum Gasteiger partial charge on any atom is 0.273 e. The summed E-state index contributed by atoms with van der Waals surface area (Å²) in [5.41, 5.74) is -0.0246. The minimum absolute atomic E-state index is 0.0246. The van der Waals surface area contributed by atoms with E-state index in [1.54, 1.807) is 0 Å². The molecule has 0 aliphatic heterocycles. The van der Waals surface area contributed by atoms with Crippen LogP contribution in [0.1, 0.15) is 13.3 Å². The third-order valence-corrected chi connectivity index (χ3v) is 4.07. The zero-order chi connectivity index (χ0) is 14.7. The Hall–Kier alpha value is -1.34. The fourth-order valence-corrected chi connectivity index (χ4v) is 2.94. The first-order chi connectivity index (χ1) is 9.56. The van der Waals surface area contributed by atoms with E-state index in [9.17, 15) is 10.1 Å². The molecule has 1 aromatic rings. The molecule has 0 aromatic heterocycles. The molecule has 3 atom stereocenters. The monoisotopic (exact) mass is 345 g/mol. The van der Waals surface area contributed by atoms with E-state index in [-0.39, 0.29) is 22.7 Å². The molecule has 0 bridgehead atoms. The second-order valence-electron chi connectivity index (χ2n) is 4.42. The molecule has 2 rings (SSSR count). The van der Waals surface area contributed by atoms with E-state index < -0.39 is 4.92 Å². The van der Waals surface area contributed by atoms with Crippen molar-refractivity contribution in [1.29, 1.82) is 0 Å². The molecule has 6 nitrogen and oxygen atoms in total. The molecule has 1 aliphatic rings. The van der Waals surface area contributed by atoms with Crippen LogP contribution in [0.15, 0.2) is 18.2 Å². The zero-order valence-corrected chi connectivity index (χ0v) is 12.8. The van der Waals surface area contributed by atoms with Crippen LogP contribution in [0.2, 0.25) is 0 Å². The fraction of sp³-hybridized carbons (Fsp3) is 0.538. The number of nitro benzene ring substituents is 1. The number of nitro groups is 1. The van der Waals surface area contributed by atoms with E-state index in [1.165, 1.54) is 25.3 Å². The number of hydrogen-bond acceptors (Lipinski definition) is 5. The van der Waals surface area contributed by atoms with Crippen molar-refractivity contribution in [2.75, 3.05) is 13.7 Å². The van der Waals surface area contributed by atoms with Crippen molar-refractivity contribution >= 4 is 21.6 Å². The predicted molar refractivity (Wildman–Crippen MR) is 76.8 cm³/mol. The van der Waals surface area contributed by atoms with Gasteiger partial charge in [-0.1, -0.05) is 15.9 Å². The van der Waals surface area contributed by atoms with E-state index in [0.29, 0.717) is 18.1 Å². The van der Waals surface area contributed by atoms with Crippen LogP contribution < -0.4 is 9.47 Å². The van der Waals surface area contributed by atoms with Gasteiger partial charge in [0.15, 0.2) is 11.5 Å². The van der Waals surface area contributed by atoms with Gasteiger partial charge in [-0.3, -0.25) is 10.1 Å². The van der Waals surface area contributed by atoms with Gasteiger partial charge >= 0.3 is 0 Å². The maximum absolute atomic E-state index is 10.8. The number of nitrogens with zero attached hydrogens (tertiary/aromatic N) is 1. The molecule has 1 aliphatic carbocycles. The van der Waals surface area contributed by atoms with E-state index in [2.05, 4.69) is 15.9 Å². The molecular weight excluding hydrogens is 330 g/mol. The van der Waals surface area contributed by atoms with Crippen molar-refractivity contribution in [2.24, 2.45) is 0 Å². The van der Waals surface area contributed by atoms with Crippen LogP contribution in [-0.4, -0.2) is 35.7 Å². The second-order valence-corrected chi connectivity index (χ2v) is 5.60. The zero-order valence-electron chi connectivity index (χ0n) is 11.2. The molecule has 3 unspecified atom stereocenters. The molecule has 0 heterocycles. The molecule has 0 N–H and O–H groups in total. The Morgan fingerprint density at radius 2 is 2.20 bits per heavy atom. The summed E-state index contributed by atoms with van der Waals surface area (Å²) in [5.74, 6) is 0.847. The Balaban J connectivity index is 2.15. The molecule has 0 radical (unpaired) electrons. The van der Waals surface area contributed by atoms with Crippen molar-refractivity contribution in [1.82, 2.24) is 0 Å². The summed E-state index contributed by atoms with van der Waals surface area (Å²) in [6.45, 7) is 2.52. The summed E-state index contributed by atoms with van der Waals surface area (Å²) >= 11 is 3.51. The van der Waals surface area contributed by atoms with Crippen molar-refractivity contribution in [3.8, 4) is 11.5 Å². The summed E-state index contributed by atoms with van der Waals surface area (Å²) in [4.78, 5) is 10.6. The lowest BCUT2D eigenvalue weighted by molar-refractivity contribution is -0.385. The molecule has 1 aromatic carbocycles. The average Bonchev–Trinajstić information content (AvgIpc) is 2.44. The highest BCUT2D eigenvalue weighted by molar-refractivity contribution is 9.09. The first-order valence-corrected chi connectivity index (χ1v) is 7.23. The highest BCUT2D eigenvalue weighted by Gasteiger charge is 2.42. The van der Waals surface area contributed by atoms with Crippen LogP contribution in [-0.2, 0) is 4.74 Å². The second kappa shape index (κ2) is 6.41. The van der Waals surface area contributed by atoms with Gasteiger partial charge in [0.2, 0.25) is 0 Å². The lowest BCUT2D eigenvalue weighted by Gasteiger charge is -2.40. The molecule has 0 amide bonds. The number of ether oxygens (including phenoxy) is 3. The number of methoxy groups -OCH3 is 1. The third-order valence-electron chi connectivity index (χ3n) is 3.18. The van der Waals surface area contributed by atoms with Gasteiger partial charge in [0, 0.05) is 23.9 Å². The number of rotatable bonds is 6. The molecule has 0 saturated heterocycles. The van der Waals surface area contributed by atoms with Crippen LogP contribution >= 0.6 is 15.9 Å². The molecule has 0 spiro atoms. The van der Waals surface area contributed by atoms with Crippen molar-refractivity contribution in [3.63, 3.8) is 0 Å². The van der Waals surface area contributed by atoms with Gasteiger partial charge in [-0.05, 0) is 13.0 Å². The van der Waals surface area contributed by atoms with E-state index >= 15 is 0 Å². The predicted octanol–water partition coefficient (Wildman–Crippen LogP) is 2.92. The molecule has 1 fully saturated rings. The normalized spacial score (nSPS) is 24.9. The van der Waals surface area contributed by atoms with Crippen molar-refractivity contribution < 1.29 is 19.1 Å². The molecular formula is C13H16BrNO5. The summed E-state index contributed by atoms with van der Waals surface area (Å²) in [6.07, 6.45) is 0.607. The van der Waals surface area contributed by atoms with Crippen molar-refractivity contribution in [2.45, 2.75) is 30.4 Å². The highest BCUT2D eigenvalue weighted by Crippen LogP contribution is 2.38. The molecule has 20 heavy (non-hydrogen) atoms. The summed E-state index contributed by atoms with van der Waals surface area (Å²) in [5, 5.41) is 10.8. The number of halogens is 1. The highest BCUT2D eigenvalue weighted by atomic mass is 79.9. The summed E-state index contributed by atoms with van der Waals surface area (Å²) < 4.78 is 16.6. The standard InChI is InChI=1S/C13H16BrNO5/c1-3-19-13-9(14)7-12(13)20-11-6-8(15(16)17)4-5-10(11)18-2/h4-6,9,12-13H,3,7H2,1-2H3. The van der Waals surface area contributed by atoms with Crippen LogP contribution in [0.5, 0.6) is 11.5 Å². The Morgan fingerprint density at radius 3 is 2.75 bits per heavy atom. The van der Waals surface area contributed by atoms with Gasteiger partial charge in [-0.25, -0.2) is 0 Å². The molecule has 1 saturated carbocycles. The van der Waals surface area contributed by atoms with Gasteiger partial charge in [0.1, 0.15) is 12.2 Å². The number of non-ortho nitro benzene ring substituents is 1. The minimum atomic E-state index is -0.458. The SMILES string of the molecule is CCOC1C(Br)CC1Oc1cc([N+](=O)[O-])ccc1OC. The minimum Gasteiger partial charge on any atom is -0.493 e. The number of hydrogen-bond donors (Lipinski definition) is 0. The summed E-state index contributed by atoms with van der Waals surface area (Å²) in [6, 6.07) is 4.30. The number of benzene rings is 1.